The highest BCUT2D eigenvalue weighted by atomic mass is 16.3. The van der Waals surface area contributed by atoms with Crippen LogP contribution in [-0.2, 0) is 11.2 Å². The third-order valence-electron chi connectivity index (χ3n) is 3.40. The minimum atomic E-state index is 0.0506. The quantitative estimate of drug-likeness (QED) is 0.914. The number of furan rings is 1. The smallest absolute Gasteiger partial charge is 0.224 e. The molecule has 1 amide bonds. The van der Waals surface area contributed by atoms with Crippen LogP contribution in [0, 0.1) is 19.8 Å². The Balaban J connectivity index is 2.18. The molecule has 0 unspecified atom stereocenters. The fraction of sp³-hybridized carbons (Fsp3) is 0.438. The lowest BCUT2D eigenvalue weighted by Crippen LogP contribution is -2.28. The van der Waals surface area contributed by atoms with E-state index in [4.69, 9.17) is 4.42 Å². The van der Waals surface area contributed by atoms with Crippen LogP contribution in [0.15, 0.2) is 22.8 Å². The van der Waals surface area contributed by atoms with E-state index in [1.807, 2.05) is 13.0 Å². The largest absolute Gasteiger partial charge is 0.464 e. The molecule has 0 aliphatic rings. The Labute approximate surface area is 114 Å². The van der Waals surface area contributed by atoms with E-state index >= 15 is 0 Å². The van der Waals surface area contributed by atoms with Gasteiger partial charge in [-0.25, -0.2) is 0 Å². The predicted octanol–water partition coefficient (Wildman–Crippen LogP) is 3.36. The van der Waals surface area contributed by atoms with E-state index in [9.17, 15) is 4.79 Å². The number of carbonyl (C=O) groups excluding carboxylic acids is 1. The summed E-state index contributed by atoms with van der Waals surface area (Å²) in [6.07, 6.45) is 2.08. The summed E-state index contributed by atoms with van der Waals surface area (Å²) < 4.78 is 5.61. The van der Waals surface area contributed by atoms with Crippen molar-refractivity contribution in [3.05, 3.63) is 35.1 Å². The van der Waals surface area contributed by atoms with E-state index in [0.29, 0.717) is 18.9 Å². The van der Waals surface area contributed by atoms with Gasteiger partial charge < -0.3 is 9.73 Å². The lowest BCUT2D eigenvalue weighted by Gasteiger charge is -2.07. The van der Waals surface area contributed by atoms with Crippen LogP contribution in [0.4, 0.5) is 0 Å². The minimum Gasteiger partial charge on any atom is -0.464 e. The van der Waals surface area contributed by atoms with Crippen LogP contribution in [0.25, 0.3) is 11.0 Å². The van der Waals surface area contributed by atoms with Crippen molar-refractivity contribution in [2.24, 2.45) is 5.92 Å². The number of hydrogen-bond acceptors (Lipinski definition) is 2. The molecule has 0 atom stereocenters. The molecule has 3 nitrogen and oxygen atoms in total. The zero-order valence-corrected chi connectivity index (χ0v) is 12.0. The van der Waals surface area contributed by atoms with Crippen LogP contribution < -0.4 is 5.32 Å². The van der Waals surface area contributed by atoms with E-state index in [1.165, 1.54) is 5.56 Å². The molecule has 3 heteroatoms. The number of benzene rings is 1. The van der Waals surface area contributed by atoms with Crippen LogP contribution in [0.2, 0.25) is 0 Å². The Morgan fingerprint density at radius 1 is 1.32 bits per heavy atom. The third-order valence-corrected chi connectivity index (χ3v) is 3.40. The average Bonchev–Trinajstić information content (AvgIpc) is 2.75. The molecule has 0 aliphatic heterocycles. The van der Waals surface area contributed by atoms with Crippen LogP contribution in [-0.4, -0.2) is 12.5 Å². The predicted molar refractivity (Wildman–Crippen MR) is 77.2 cm³/mol. The molecule has 1 N–H and O–H groups in total. The Bertz CT molecular complexity index is 596. The van der Waals surface area contributed by atoms with Crippen molar-refractivity contribution in [3.63, 3.8) is 0 Å². The second-order valence-electron chi connectivity index (χ2n) is 5.52. The summed E-state index contributed by atoms with van der Waals surface area (Å²) >= 11 is 0. The van der Waals surface area contributed by atoms with Crippen molar-refractivity contribution in [2.75, 3.05) is 6.54 Å². The lowest BCUT2D eigenvalue weighted by molar-refractivity contribution is -0.120. The molecule has 0 bridgehead atoms. The molecule has 2 rings (SSSR count). The van der Waals surface area contributed by atoms with E-state index in [2.05, 4.69) is 32.2 Å². The van der Waals surface area contributed by atoms with E-state index in [-0.39, 0.29) is 5.91 Å². The Morgan fingerprint density at radius 2 is 2.05 bits per heavy atom. The Morgan fingerprint density at radius 3 is 2.74 bits per heavy atom. The molecule has 102 valence electrons. The van der Waals surface area contributed by atoms with Crippen molar-refractivity contribution in [2.45, 2.75) is 34.1 Å². The zero-order valence-electron chi connectivity index (χ0n) is 12.0. The van der Waals surface area contributed by atoms with Crippen LogP contribution in [0.1, 0.15) is 30.5 Å². The molecule has 0 aliphatic carbocycles. The topological polar surface area (TPSA) is 42.2 Å². The number of carbonyl (C=O) groups is 1. The van der Waals surface area contributed by atoms with Crippen molar-refractivity contribution in [3.8, 4) is 0 Å². The first-order chi connectivity index (χ1) is 8.99. The maximum Gasteiger partial charge on any atom is 0.224 e. The summed E-state index contributed by atoms with van der Waals surface area (Å²) in [6, 6.07) is 4.11. The standard InChI is InChI=1S/C16H21NO2/c1-10(2)8-17-15(18)7-13-9-19-16-12(4)11(3)5-6-14(13)16/h5-6,9-10H,7-8H2,1-4H3,(H,17,18). The molecule has 0 radical (unpaired) electrons. The average molecular weight is 259 g/mol. The van der Waals surface area contributed by atoms with Crippen molar-refractivity contribution >= 4 is 16.9 Å². The molecule has 0 saturated heterocycles. The van der Waals surface area contributed by atoms with Crippen molar-refractivity contribution in [1.82, 2.24) is 5.32 Å². The van der Waals surface area contributed by atoms with Gasteiger partial charge in [0, 0.05) is 17.5 Å². The van der Waals surface area contributed by atoms with Gasteiger partial charge in [0.25, 0.3) is 0 Å². The van der Waals surface area contributed by atoms with Gasteiger partial charge in [0.15, 0.2) is 0 Å². The van der Waals surface area contributed by atoms with Gasteiger partial charge in [0.1, 0.15) is 5.58 Å². The molecule has 1 heterocycles. The normalized spacial score (nSPS) is 11.2. The number of amides is 1. The first kappa shape index (κ1) is 13.7. The number of rotatable bonds is 4. The summed E-state index contributed by atoms with van der Waals surface area (Å²) in [6.45, 7) is 8.99. The van der Waals surface area contributed by atoms with Crippen molar-refractivity contribution in [1.29, 1.82) is 0 Å². The zero-order chi connectivity index (χ0) is 14.0. The second-order valence-corrected chi connectivity index (χ2v) is 5.52. The highest BCUT2D eigenvalue weighted by Crippen LogP contribution is 2.26. The maximum absolute atomic E-state index is 11.9. The fourth-order valence-electron chi connectivity index (χ4n) is 2.08. The number of aryl methyl sites for hydroxylation is 2. The van der Waals surface area contributed by atoms with Crippen LogP contribution >= 0.6 is 0 Å². The summed E-state index contributed by atoms with van der Waals surface area (Å²) in [5, 5.41) is 3.97. The SMILES string of the molecule is Cc1ccc2c(CC(=O)NCC(C)C)coc2c1C. The molecule has 0 fully saturated rings. The van der Waals surface area contributed by atoms with Gasteiger partial charge in [-0.15, -0.1) is 0 Å². The van der Waals surface area contributed by atoms with Gasteiger partial charge in [-0.3, -0.25) is 4.79 Å². The highest BCUT2D eigenvalue weighted by molar-refractivity contribution is 5.89. The molecule has 1 aromatic carbocycles. The first-order valence-corrected chi connectivity index (χ1v) is 6.72. The Hall–Kier alpha value is -1.77. The molecular formula is C16H21NO2. The summed E-state index contributed by atoms with van der Waals surface area (Å²) in [4.78, 5) is 11.9. The third kappa shape index (κ3) is 2.98. The molecule has 19 heavy (non-hydrogen) atoms. The number of nitrogens with one attached hydrogen (secondary N) is 1. The summed E-state index contributed by atoms with van der Waals surface area (Å²) in [5.74, 6) is 0.518. The van der Waals surface area contributed by atoms with E-state index in [1.54, 1.807) is 6.26 Å². The van der Waals surface area contributed by atoms with E-state index in [0.717, 1.165) is 22.1 Å². The number of hydrogen-bond donors (Lipinski definition) is 1. The summed E-state index contributed by atoms with van der Waals surface area (Å²) in [7, 11) is 0. The fourth-order valence-corrected chi connectivity index (χ4v) is 2.08. The maximum atomic E-state index is 11.9. The Kier molecular flexibility index (Phi) is 3.93. The minimum absolute atomic E-state index is 0.0506. The van der Waals surface area contributed by atoms with Gasteiger partial charge in [-0.1, -0.05) is 26.0 Å². The molecule has 0 saturated carbocycles. The van der Waals surface area contributed by atoms with Gasteiger partial charge in [0.2, 0.25) is 5.91 Å². The second kappa shape index (κ2) is 5.47. The van der Waals surface area contributed by atoms with Gasteiger partial charge in [-0.05, 0) is 30.9 Å². The van der Waals surface area contributed by atoms with Gasteiger partial charge >= 0.3 is 0 Å². The molecular weight excluding hydrogens is 238 g/mol. The highest BCUT2D eigenvalue weighted by Gasteiger charge is 2.12. The number of fused-ring (bicyclic) bond motifs is 1. The van der Waals surface area contributed by atoms with Gasteiger partial charge in [-0.2, -0.15) is 0 Å². The first-order valence-electron chi connectivity index (χ1n) is 6.72. The molecule has 0 spiro atoms. The lowest BCUT2D eigenvalue weighted by atomic mass is 10.0. The van der Waals surface area contributed by atoms with Crippen molar-refractivity contribution < 1.29 is 9.21 Å². The monoisotopic (exact) mass is 259 g/mol. The van der Waals surface area contributed by atoms with Crippen LogP contribution in [0.5, 0.6) is 0 Å². The molecule has 1 aromatic heterocycles. The van der Waals surface area contributed by atoms with Gasteiger partial charge in [0.05, 0.1) is 12.7 Å². The molecule has 2 aromatic rings. The van der Waals surface area contributed by atoms with Crippen LogP contribution in [0.3, 0.4) is 0 Å². The van der Waals surface area contributed by atoms with E-state index < -0.39 is 0 Å². The summed E-state index contributed by atoms with van der Waals surface area (Å²) in [5.41, 5.74) is 4.20.